The van der Waals surface area contributed by atoms with Crippen molar-refractivity contribution < 1.29 is 0 Å². The van der Waals surface area contributed by atoms with Gasteiger partial charge in [0.15, 0.2) is 0 Å². The number of hydrogen-bond acceptors (Lipinski definition) is 1. The van der Waals surface area contributed by atoms with E-state index in [-0.39, 0.29) is 0 Å². The van der Waals surface area contributed by atoms with Crippen LogP contribution in [0.5, 0.6) is 0 Å². The molecule has 1 rings (SSSR count). The Hall–Kier alpha value is -0.290. The Bertz CT molecular complexity index is 94.6. The van der Waals surface area contributed by atoms with E-state index in [9.17, 15) is 0 Å². The van der Waals surface area contributed by atoms with Gasteiger partial charge in [-0.1, -0.05) is 12.2 Å². The van der Waals surface area contributed by atoms with Crippen molar-refractivity contribution in [3.05, 3.63) is 24.6 Å². The molecule has 0 saturated heterocycles. The van der Waals surface area contributed by atoms with Gasteiger partial charge in [0.25, 0.3) is 0 Å². The zero-order valence-electron chi connectivity index (χ0n) is 4.04. The Balaban J connectivity index is 2.49. The molecule has 0 bridgehead atoms. The molecule has 1 nitrogen and oxygen atoms in total. The van der Waals surface area contributed by atoms with E-state index in [0.29, 0.717) is 0 Å². The maximum Gasteiger partial charge on any atom is 0.00302 e. The zero-order chi connectivity index (χ0) is 5.11. The molecule has 0 aromatic rings. The van der Waals surface area contributed by atoms with Crippen molar-refractivity contribution in [2.24, 2.45) is 0 Å². The van der Waals surface area contributed by atoms with Gasteiger partial charge in [-0.25, -0.2) is 0 Å². The normalized spacial score (nSPS) is 18.1. The fraction of sp³-hybridized carbons (Fsp3) is 0.200. The van der Waals surface area contributed by atoms with Gasteiger partial charge in [0.05, 0.1) is 0 Å². The fourth-order valence-corrected chi connectivity index (χ4v) is 0.737. The van der Waals surface area contributed by atoms with Crippen molar-refractivity contribution >= 4 is 9.39 Å². The molecule has 0 spiro atoms. The van der Waals surface area contributed by atoms with Gasteiger partial charge in [-0.2, -0.15) is 0 Å². The third-order valence-corrected chi connectivity index (χ3v) is 1.17. The van der Waals surface area contributed by atoms with Crippen LogP contribution in [0.3, 0.4) is 0 Å². The smallest absolute Gasteiger partial charge is 0.00302 e. The molecule has 1 aliphatic rings. The number of allylic oxidation sites excluding steroid dienone is 2. The van der Waals surface area contributed by atoms with Crippen molar-refractivity contribution in [1.82, 2.24) is 4.67 Å². The topological polar surface area (TPSA) is 3.24 Å². The molecule has 38 valence electrons. The summed E-state index contributed by atoms with van der Waals surface area (Å²) in [6, 6.07) is 0. The van der Waals surface area contributed by atoms with Gasteiger partial charge in [0, 0.05) is 12.4 Å². The van der Waals surface area contributed by atoms with Crippen LogP contribution in [-0.4, -0.2) is 4.67 Å². The Morgan fingerprint density at radius 1 is 1.29 bits per heavy atom. The van der Waals surface area contributed by atoms with E-state index in [1.54, 1.807) is 0 Å². The highest BCUT2D eigenvalue weighted by atomic mass is 31.0. The van der Waals surface area contributed by atoms with Crippen molar-refractivity contribution in [3.63, 3.8) is 0 Å². The Morgan fingerprint density at radius 3 is 2.14 bits per heavy atom. The highest BCUT2D eigenvalue weighted by Gasteiger charge is 1.84. The average Bonchev–Trinajstić information content (AvgIpc) is 1.69. The van der Waals surface area contributed by atoms with Gasteiger partial charge in [0.1, 0.15) is 0 Å². The fourth-order valence-electron chi connectivity index (χ4n) is 0.493. The van der Waals surface area contributed by atoms with Crippen LogP contribution in [0.25, 0.3) is 0 Å². The summed E-state index contributed by atoms with van der Waals surface area (Å²) in [4.78, 5) is 0. The molecule has 1 heterocycles. The summed E-state index contributed by atoms with van der Waals surface area (Å²) < 4.78 is 1.95. The molecule has 2 heteroatoms. The van der Waals surface area contributed by atoms with E-state index in [0.717, 1.165) is 6.42 Å². The predicted octanol–water partition coefficient (Wildman–Crippen LogP) is 1.51. The predicted molar refractivity (Wildman–Crippen MR) is 34.4 cm³/mol. The highest BCUT2D eigenvalue weighted by molar-refractivity contribution is 7.13. The lowest BCUT2D eigenvalue weighted by atomic mass is 10.4. The Kier molecular flexibility index (Phi) is 1.48. The third-order valence-electron chi connectivity index (χ3n) is 0.827. The van der Waals surface area contributed by atoms with E-state index in [1.165, 1.54) is 0 Å². The van der Waals surface area contributed by atoms with Crippen LogP contribution >= 0.6 is 9.39 Å². The molecule has 0 radical (unpaired) electrons. The van der Waals surface area contributed by atoms with Crippen LogP contribution in [0.1, 0.15) is 6.42 Å². The summed E-state index contributed by atoms with van der Waals surface area (Å²) in [5, 5.41) is 0. The van der Waals surface area contributed by atoms with E-state index < -0.39 is 0 Å². The van der Waals surface area contributed by atoms with Crippen LogP contribution < -0.4 is 0 Å². The SMILES string of the molecule is PN1C=CCC=C1. The minimum Gasteiger partial charge on any atom is -0.340 e. The molecule has 0 amide bonds. The molecule has 1 atom stereocenters. The van der Waals surface area contributed by atoms with Gasteiger partial charge in [0.2, 0.25) is 0 Å². The molecule has 1 aliphatic heterocycles. The number of hydrogen-bond donors (Lipinski definition) is 0. The first-order valence-electron chi connectivity index (χ1n) is 2.26. The van der Waals surface area contributed by atoms with Gasteiger partial charge in [-0.15, -0.1) is 0 Å². The molecule has 0 fully saturated rings. The van der Waals surface area contributed by atoms with Crippen molar-refractivity contribution in [3.8, 4) is 0 Å². The molecule has 0 N–H and O–H groups in total. The summed E-state index contributed by atoms with van der Waals surface area (Å²) in [7, 11) is 2.57. The molecule has 7 heavy (non-hydrogen) atoms. The van der Waals surface area contributed by atoms with Crippen LogP contribution in [0.15, 0.2) is 24.6 Å². The number of rotatable bonds is 0. The van der Waals surface area contributed by atoms with Crippen LogP contribution in [-0.2, 0) is 0 Å². The van der Waals surface area contributed by atoms with Gasteiger partial charge in [-0.3, -0.25) is 0 Å². The third kappa shape index (κ3) is 1.32. The summed E-state index contributed by atoms with van der Waals surface area (Å²) >= 11 is 0. The molecule has 1 unspecified atom stereocenters. The van der Waals surface area contributed by atoms with E-state index in [4.69, 9.17) is 0 Å². The van der Waals surface area contributed by atoms with E-state index in [2.05, 4.69) is 21.5 Å². The largest absolute Gasteiger partial charge is 0.340 e. The van der Waals surface area contributed by atoms with Crippen molar-refractivity contribution in [1.29, 1.82) is 0 Å². The monoisotopic (exact) mass is 113 g/mol. The van der Waals surface area contributed by atoms with Gasteiger partial charge < -0.3 is 4.67 Å². The van der Waals surface area contributed by atoms with Crippen molar-refractivity contribution in [2.45, 2.75) is 6.42 Å². The minimum absolute atomic E-state index is 1.07. The van der Waals surface area contributed by atoms with E-state index >= 15 is 0 Å². The van der Waals surface area contributed by atoms with Crippen molar-refractivity contribution in [2.75, 3.05) is 0 Å². The summed E-state index contributed by atoms with van der Waals surface area (Å²) in [5.41, 5.74) is 0. The molecule has 0 saturated carbocycles. The molecule has 0 aliphatic carbocycles. The number of nitrogens with zero attached hydrogens (tertiary/aromatic N) is 1. The maximum absolute atomic E-state index is 2.57. The van der Waals surface area contributed by atoms with E-state index in [1.807, 2.05) is 17.1 Å². The molecular formula is C5H8NP. The van der Waals surface area contributed by atoms with Crippen LogP contribution in [0.2, 0.25) is 0 Å². The standard InChI is InChI=1S/C5H8NP/c7-6-4-2-1-3-5-6/h2-5H,1,7H2. The second kappa shape index (κ2) is 2.13. The second-order valence-electron chi connectivity index (χ2n) is 1.45. The van der Waals surface area contributed by atoms with Crippen LogP contribution in [0.4, 0.5) is 0 Å². The van der Waals surface area contributed by atoms with Gasteiger partial charge >= 0.3 is 0 Å². The lowest BCUT2D eigenvalue weighted by Gasteiger charge is -2.08. The Morgan fingerprint density at radius 2 is 1.86 bits per heavy atom. The molecule has 0 aromatic heterocycles. The van der Waals surface area contributed by atoms with Gasteiger partial charge in [-0.05, 0) is 15.8 Å². The Labute approximate surface area is 46.0 Å². The summed E-state index contributed by atoms with van der Waals surface area (Å²) in [6.45, 7) is 0. The highest BCUT2D eigenvalue weighted by Crippen LogP contribution is 2.06. The summed E-state index contributed by atoms with van der Waals surface area (Å²) in [5.74, 6) is 0. The lowest BCUT2D eigenvalue weighted by Crippen LogP contribution is -1.91. The van der Waals surface area contributed by atoms with Crippen LogP contribution in [0, 0.1) is 0 Å². The zero-order valence-corrected chi connectivity index (χ0v) is 5.20. The maximum atomic E-state index is 2.57. The first kappa shape index (κ1) is 4.86. The minimum atomic E-state index is 1.07. The lowest BCUT2D eigenvalue weighted by molar-refractivity contribution is 0.826. The molecule has 0 aromatic carbocycles. The first-order chi connectivity index (χ1) is 3.39. The summed E-state index contributed by atoms with van der Waals surface area (Å²) in [6.07, 6.45) is 9.32. The average molecular weight is 113 g/mol. The molecular weight excluding hydrogens is 105 g/mol. The quantitative estimate of drug-likeness (QED) is 0.430. The second-order valence-corrected chi connectivity index (χ2v) is 2.05. The first-order valence-corrected chi connectivity index (χ1v) is 2.77.